The number of pyridine rings is 1. The average molecular weight is 268 g/mol. The number of hydrogen-bond acceptors (Lipinski definition) is 5. The van der Waals surface area contributed by atoms with Gasteiger partial charge in [0.25, 0.3) is 0 Å². The van der Waals surface area contributed by atoms with Crippen LogP contribution in [0.1, 0.15) is 21.6 Å². The van der Waals surface area contributed by atoms with Crippen molar-refractivity contribution in [2.75, 3.05) is 7.11 Å². The second-order valence-corrected chi connectivity index (χ2v) is 4.03. The summed E-state index contributed by atoms with van der Waals surface area (Å²) in [4.78, 5) is 16.0. The van der Waals surface area contributed by atoms with Gasteiger partial charge >= 0.3 is 5.97 Å². The zero-order chi connectivity index (χ0) is 14.5. The van der Waals surface area contributed by atoms with Crippen LogP contribution in [0.4, 0.5) is 0 Å². The number of carbonyl (C=O) groups is 1. The molecule has 2 rings (SSSR count). The molecule has 0 spiro atoms. The van der Waals surface area contributed by atoms with Gasteiger partial charge in [0.1, 0.15) is 6.07 Å². The van der Waals surface area contributed by atoms with Crippen LogP contribution in [0, 0.1) is 18.3 Å². The van der Waals surface area contributed by atoms with E-state index < -0.39 is 5.97 Å². The van der Waals surface area contributed by atoms with Gasteiger partial charge in [0, 0.05) is 11.9 Å². The number of ether oxygens (including phenoxy) is 2. The minimum Gasteiger partial charge on any atom is -0.492 e. The van der Waals surface area contributed by atoms with Crippen LogP contribution in [0.15, 0.2) is 36.5 Å². The molecule has 5 heteroatoms. The fourth-order valence-corrected chi connectivity index (χ4v) is 1.64. The minimum absolute atomic E-state index is 0.206. The lowest BCUT2D eigenvalue weighted by molar-refractivity contribution is 0.0729. The molecule has 2 aromatic rings. The number of esters is 1. The summed E-state index contributed by atoms with van der Waals surface area (Å²) in [6.45, 7) is 1.83. The van der Waals surface area contributed by atoms with E-state index in [1.807, 2.05) is 13.0 Å². The molecule has 1 heterocycles. The number of rotatable bonds is 3. The first-order chi connectivity index (χ1) is 9.65. The van der Waals surface area contributed by atoms with Crippen LogP contribution in [0.3, 0.4) is 0 Å². The maximum Gasteiger partial charge on any atom is 0.345 e. The van der Waals surface area contributed by atoms with E-state index in [0.717, 1.165) is 5.69 Å². The van der Waals surface area contributed by atoms with Crippen LogP contribution in [-0.2, 0) is 0 Å². The summed E-state index contributed by atoms with van der Waals surface area (Å²) in [7, 11) is 1.42. The number of para-hydroxylation sites is 1. The zero-order valence-corrected chi connectivity index (χ0v) is 11.1. The first kappa shape index (κ1) is 13.6. The Hall–Kier alpha value is -2.87. The Kier molecular flexibility index (Phi) is 3.96. The van der Waals surface area contributed by atoms with E-state index in [9.17, 15) is 4.79 Å². The van der Waals surface area contributed by atoms with Crippen molar-refractivity contribution >= 4 is 5.97 Å². The van der Waals surface area contributed by atoms with Gasteiger partial charge in [0.05, 0.1) is 18.2 Å². The number of aryl methyl sites for hydroxylation is 1. The molecule has 0 saturated carbocycles. The number of carbonyl (C=O) groups excluding carboxylic acids is 1. The predicted molar refractivity (Wildman–Crippen MR) is 71.6 cm³/mol. The molecule has 20 heavy (non-hydrogen) atoms. The second kappa shape index (κ2) is 5.85. The molecule has 1 aromatic heterocycles. The molecule has 0 amide bonds. The highest BCUT2D eigenvalue weighted by molar-refractivity contribution is 5.91. The zero-order valence-electron chi connectivity index (χ0n) is 11.1. The number of benzene rings is 1. The normalized spacial score (nSPS) is 9.65. The molecule has 100 valence electrons. The highest BCUT2D eigenvalue weighted by Gasteiger charge is 2.15. The number of methoxy groups -OCH3 is 1. The third kappa shape index (κ3) is 2.75. The molecule has 0 aliphatic carbocycles. The summed E-state index contributed by atoms with van der Waals surface area (Å²) >= 11 is 0. The highest BCUT2D eigenvalue weighted by atomic mass is 16.6. The Balaban J connectivity index is 2.28. The molecule has 0 fully saturated rings. The molecular formula is C15H12N2O3. The van der Waals surface area contributed by atoms with E-state index >= 15 is 0 Å². The number of nitrogens with zero attached hydrogens (tertiary/aromatic N) is 2. The molecule has 0 aliphatic heterocycles. The van der Waals surface area contributed by atoms with Crippen molar-refractivity contribution < 1.29 is 14.3 Å². The van der Waals surface area contributed by atoms with Crippen LogP contribution in [0.25, 0.3) is 0 Å². The molecule has 0 atom stereocenters. The largest absolute Gasteiger partial charge is 0.492 e. The molecular weight excluding hydrogens is 256 g/mol. The molecule has 0 aliphatic rings. The van der Waals surface area contributed by atoms with Gasteiger partial charge in [-0.3, -0.25) is 4.98 Å². The monoisotopic (exact) mass is 268 g/mol. The smallest absolute Gasteiger partial charge is 0.345 e. The summed E-state index contributed by atoms with van der Waals surface area (Å²) in [5.74, 6) is -0.105. The Labute approximate surface area is 116 Å². The van der Waals surface area contributed by atoms with Crippen molar-refractivity contribution in [3.63, 3.8) is 0 Å². The van der Waals surface area contributed by atoms with Crippen LogP contribution >= 0.6 is 0 Å². The molecule has 1 aromatic carbocycles. The lowest BCUT2D eigenvalue weighted by atomic mass is 10.2. The van der Waals surface area contributed by atoms with E-state index in [2.05, 4.69) is 4.98 Å². The van der Waals surface area contributed by atoms with E-state index in [1.54, 1.807) is 30.3 Å². The van der Waals surface area contributed by atoms with Crippen molar-refractivity contribution in [2.45, 2.75) is 6.92 Å². The number of aromatic nitrogens is 1. The first-order valence-corrected chi connectivity index (χ1v) is 5.87. The minimum atomic E-state index is -0.550. The van der Waals surface area contributed by atoms with Gasteiger partial charge in [-0.05, 0) is 31.2 Å². The van der Waals surface area contributed by atoms with Crippen molar-refractivity contribution in [1.82, 2.24) is 4.98 Å². The van der Waals surface area contributed by atoms with Gasteiger partial charge in [0.2, 0.25) is 0 Å². The molecule has 0 unspecified atom stereocenters. The summed E-state index contributed by atoms with van der Waals surface area (Å²) in [6, 6.07) is 10.1. The summed E-state index contributed by atoms with van der Waals surface area (Å²) in [6.07, 6.45) is 1.44. The van der Waals surface area contributed by atoms with Crippen LogP contribution in [0.2, 0.25) is 0 Å². The summed E-state index contributed by atoms with van der Waals surface area (Å²) < 4.78 is 10.4. The molecule has 0 bridgehead atoms. The van der Waals surface area contributed by atoms with Gasteiger partial charge in [-0.2, -0.15) is 5.26 Å². The van der Waals surface area contributed by atoms with Crippen molar-refractivity contribution in [3.8, 4) is 17.6 Å². The lowest BCUT2D eigenvalue weighted by Crippen LogP contribution is -2.10. The van der Waals surface area contributed by atoms with Crippen molar-refractivity contribution in [1.29, 1.82) is 5.26 Å². The fraction of sp³-hybridized carbons (Fsp3) is 0.133. The quantitative estimate of drug-likeness (QED) is 0.631. The number of hydrogen-bond donors (Lipinski definition) is 0. The van der Waals surface area contributed by atoms with Gasteiger partial charge in [-0.25, -0.2) is 4.79 Å². The molecule has 5 nitrogen and oxygen atoms in total. The molecule has 0 saturated heterocycles. The molecule has 0 radical (unpaired) electrons. The van der Waals surface area contributed by atoms with E-state index in [1.165, 1.54) is 13.3 Å². The third-order valence-electron chi connectivity index (χ3n) is 2.65. The first-order valence-electron chi connectivity index (χ1n) is 5.87. The lowest BCUT2D eigenvalue weighted by Gasteiger charge is -2.10. The maximum atomic E-state index is 12.0. The van der Waals surface area contributed by atoms with E-state index in [0.29, 0.717) is 11.1 Å². The Morgan fingerprint density at radius 2 is 2.10 bits per heavy atom. The summed E-state index contributed by atoms with van der Waals surface area (Å²) in [5.41, 5.74) is 1.45. The number of nitriles is 1. The van der Waals surface area contributed by atoms with E-state index in [-0.39, 0.29) is 11.5 Å². The van der Waals surface area contributed by atoms with Gasteiger partial charge < -0.3 is 9.47 Å². The Morgan fingerprint density at radius 3 is 2.70 bits per heavy atom. The van der Waals surface area contributed by atoms with Crippen LogP contribution in [0.5, 0.6) is 11.5 Å². The predicted octanol–water partition coefficient (Wildman–Crippen LogP) is 2.49. The SMILES string of the molecule is COc1c(C#N)cccc1OC(=O)c1ccc(C)nc1. The molecule has 0 N–H and O–H groups in total. The Bertz CT molecular complexity index is 673. The van der Waals surface area contributed by atoms with E-state index in [4.69, 9.17) is 14.7 Å². The Morgan fingerprint density at radius 1 is 1.30 bits per heavy atom. The second-order valence-electron chi connectivity index (χ2n) is 4.03. The average Bonchev–Trinajstić information content (AvgIpc) is 2.47. The van der Waals surface area contributed by atoms with Crippen molar-refractivity contribution in [3.05, 3.63) is 53.3 Å². The van der Waals surface area contributed by atoms with Crippen LogP contribution < -0.4 is 9.47 Å². The van der Waals surface area contributed by atoms with Gasteiger partial charge in [0.15, 0.2) is 11.5 Å². The fourth-order valence-electron chi connectivity index (χ4n) is 1.64. The summed E-state index contributed by atoms with van der Waals surface area (Å²) in [5, 5.41) is 8.98. The van der Waals surface area contributed by atoms with Gasteiger partial charge in [-0.15, -0.1) is 0 Å². The highest BCUT2D eigenvalue weighted by Crippen LogP contribution is 2.30. The van der Waals surface area contributed by atoms with Crippen molar-refractivity contribution in [2.24, 2.45) is 0 Å². The topological polar surface area (TPSA) is 72.2 Å². The van der Waals surface area contributed by atoms with Crippen LogP contribution in [-0.4, -0.2) is 18.1 Å². The standard InChI is InChI=1S/C15H12N2O3/c1-10-6-7-12(9-17-10)15(18)20-13-5-3-4-11(8-16)14(13)19-2/h3-7,9H,1-2H3. The van der Waals surface area contributed by atoms with Gasteiger partial charge in [-0.1, -0.05) is 6.07 Å². The third-order valence-corrected chi connectivity index (χ3v) is 2.65. The maximum absolute atomic E-state index is 12.0.